The zero-order chi connectivity index (χ0) is 12.9. The molecule has 0 radical (unpaired) electrons. The number of hydrogen-bond donors (Lipinski definition) is 2. The maximum Gasteiger partial charge on any atom is 0.488 e. The molecule has 0 spiro atoms. The number of rotatable bonds is 2. The molecule has 1 aliphatic carbocycles. The third-order valence-corrected chi connectivity index (χ3v) is 3.40. The highest BCUT2D eigenvalue weighted by molar-refractivity contribution is 6.58. The predicted octanol–water partition coefficient (Wildman–Crippen LogP) is 0.715. The van der Waals surface area contributed by atoms with Crippen LogP contribution in [0.2, 0.25) is 0 Å². The summed E-state index contributed by atoms with van der Waals surface area (Å²) in [6, 6.07) is 5.87. The summed E-state index contributed by atoms with van der Waals surface area (Å²) in [5.41, 5.74) is 4.92. The molecule has 18 heavy (non-hydrogen) atoms. The highest BCUT2D eigenvalue weighted by Gasteiger charge is 2.24. The molecule has 0 atom stereocenters. The van der Waals surface area contributed by atoms with Crippen LogP contribution in [-0.2, 0) is 6.42 Å². The molecule has 0 aliphatic heterocycles. The summed E-state index contributed by atoms with van der Waals surface area (Å²) in [5, 5.41) is 23.0. The Balaban J connectivity index is 2.10. The number of aromatic nitrogens is 2. The summed E-state index contributed by atoms with van der Waals surface area (Å²) in [4.78, 5) is 0. The van der Waals surface area contributed by atoms with Gasteiger partial charge in [-0.2, -0.15) is 5.10 Å². The van der Waals surface area contributed by atoms with Gasteiger partial charge in [0.2, 0.25) is 0 Å². The fraction of sp³-hybridized carbons (Fsp3) is 0.308. The van der Waals surface area contributed by atoms with Crippen LogP contribution >= 0.6 is 0 Å². The van der Waals surface area contributed by atoms with E-state index in [4.69, 9.17) is 0 Å². The van der Waals surface area contributed by atoms with E-state index in [2.05, 4.69) is 25.1 Å². The predicted molar refractivity (Wildman–Crippen MR) is 70.7 cm³/mol. The largest absolute Gasteiger partial charge is 0.488 e. The van der Waals surface area contributed by atoms with Gasteiger partial charge in [-0.05, 0) is 24.9 Å². The van der Waals surface area contributed by atoms with Crippen molar-refractivity contribution >= 4 is 12.6 Å². The van der Waals surface area contributed by atoms with Gasteiger partial charge in [0.1, 0.15) is 0 Å². The van der Waals surface area contributed by atoms with Crippen molar-refractivity contribution in [2.45, 2.75) is 26.3 Å². The minimum Gasteiger partial charge on any atom is -0.423 e. The number of benzene rings is 1. The van der Waals surface area contributed by atoms with Crippen molar-refractivity contribution in [2.24, 2.45) is 0 Å². The Labute approximate surface area is 106 Å². The fourth-order valence-corrected chi connectivity index (χ4v) is 2.38. The minimum atomic E-state index is -1.42. The van der Waals surface area contributed by atoms with Crippen LogP contribution in [0.15, 0.2) is 24.4 Å². The molecule has 92 valence electrons. The third kappa shape index (κ3) is 1.67. The Hall–Kier alpha value is -1.59. The van der Waals surface area contributed by atoms with Crippen LogP contribution in [0.5, 0.6) is 0 Å². The summed E-state index contributed by atoms with van der Waals surface area (Å²) in [6.45, 7) is 4.19. The molecule has 5 heteroatoms. The van der Waals surface area contributed by atoms with Crippen LogP contribution in [-0.4, -0.2) is 26.9 Å². The molecule has 2 aromatic rings. The van der Waals surface area contributed by atoms with E-state index in [0.717, 1.165) is 17.7 Å². The maximum absolute atomic E-state index is 9.23. The normalized spacial score (nSPS) is 12.7. The molecular formula is C13H15BN2O2. The lowest BCUT2D eigenvalue weighted by atomic mass is 9.79. The van der Waals surface area contributed by atoms with Crippen molar-refractivity contribution in [1.82, 2.24) is 9.78 Å². The first-order chi connectivity index (χ1) is 8.56. The molecule has 0 unspecified atom stereocenters. The molecule has 1 aliphatic rings. The van der Waals surface area contributed by atoms with Gasteiger partial charge in [0, 0.05) is 29.8 Å². The highest BCUT2D eigenvalue weighted by Crippen LogP contribution is 2.35. The zero-order valence-corrected chi connectivity index (χ0v) is 10.5. The average molecular weight is 242 g/mol. The van der Waals surface area contributed by atoms with Crippen molar-refractivity contribution < 1.29 is 10.0 Å². The second-order valence-electron chi connectivity index (χ2n) is 5.04. The van der Waals surface area contributed by atoms with E-state index in [9.17, 15) is 10.0 Å². The van der Waals surface area contributed by atoms with Crippen LogP contribution < -0.4 is 5.46 Å². The van der Waals surface area contributed by atoms with Crippen molar-refractivity contribution in [2.75, 3.05) is 0 Å². The van der Waals surface area contributed by atoms with E-state index in [0.29, 0.717) is 11.5 Å². The van der Waals surface area contributed by atoms with Crippen LogP contribution in [0.1, 0.15) is 31.0 Å². The second kappa shape index (κ2) is 3.97. The monoisotopic (exact) mass is 242 g/mol. The lowest BCUT2D eigenvalue weighted by molar-refractivity contribution is 0.426. The molecule has 0 fully saturated rings. The van der Waals surface area contributed by atoms with E-state index in [1.165, 1.54) is 11.1 Å². The highest BCUT2D eigenvalue weighted by atomic mass is 16.4. The molecule has 0 saturated heterocycles. The molecule has 3 rings (SSSR count). The Morgan fingerprint density at radius 3 is 2.72 bits per heavy atom. The van der Waals surface area contributed by atoms with Gasteiger partial charge >= 0.3 is 7.12 Å². The summed E-state index contributed by atoms with van der Waals surface area (Å²) >= 11 is 0. The molecule has 1 aromatic heterocycles. The molecule has 4 nitrogen and oxygen atoms in total. The van der Waals surface area contributed by atoms with Crippen molar-refractivity contribution in [3.63, 3.8) is 0 Å². The molecule has 1 heterocycles. The third-order valence-electron chi connectivity index (χ3n) is 3.40. The van der Waals surface area contributed by atoms with E-state index < -0.39 is 7.12 Å². The molecule has 0 saturated carbocycles. The first-order valence-electron chi connectivity index (χ1n) is 6.13. The number of fused-ring (bicyclic) bond motifs is 3. The van der Waals surface area contributed by atoms with Crippen LogP contribution in [0.4, 0.5) is 0 Å². The summed E-state index contributed by atoms with van der Waals surface area (Å²) in [6.07, 6.45) is 2.95. The lowest BCUT2D eigenvalue weighted by Gasteiger charge is -2.07. The van der Waals surface area contributed by atoms with E-state index in [-0.39, 0.29) is 0 Å². The summed E-state index contributed by atoms with van der Waals surface area (Å²) < 4.78 is 1.95. The van der Waals surface area contributed by atoms with Crippen LogP contribution in [0.25, 0.3) is 11.3 Å². The Morgan fingerprint density at radius 2 is 2.06 bits per heavy atom. The number of hydrogen-bond acceptors (Lipinski definition) is 3. The van der Waals surface area contributed by atoms with Gasteiger partial charge in [-0.15, -0.1) is 0 Å². The van der Waals surface area contributed by atoms with E-state index in [1.54, 1.807) is 6.07 Å². The first-order valence-corrected chi connectivity index (χ1v) is 6.13. The molecule has 1 aromatic carbocycles. The quantitative estimate of drug-likeness (QED) is 0.651. The van der Waals surface area contributed by atoms with Gasteiger partial charge in [-0.1, -0.05) is 18.2 Å². The second-order valence-corrected chi connectivity index (χ2v) is 5.04. The van der Waals surface area contributed by atoms with Crippen molar-refractivity contribution in [3.05, 3.63) is 35.5 Å². The van der Waals surface area contributed by atoms with Crippen molar-refractivity contribution in [1.29, 1.82) is 0 Å². The Kier molecular flexibility index (Phi) is 2.54. The lowest BCUT2D eigenvalue weighted by Crippen LogP contribution is -2.29. The molecular weight excluding hydrogens is 227 g/mol. The van der Waals surface area contributed by atoms with Gasteiger partial charge in [0.15, 0.2) is 0 Å². The average Bonchev–Trinajstić information content (AvgIpc) is 2.84. The molecule has 2 N–H and O–H groups in total. The fourth-order valence-electron chi connectivity index (χ4n) is 2.38. The van der Waals surface area contributed by atoms with Gasteiger partial charge in [0.25, 0.3) is 0 Å². The van der Waals surface area contributed by atoms with E-state index in [1.807, 2.05) is 16.8 Å². The van der Waals surface area contributed by atoms with Crippen LogP contribution in [0, 0.1) is 0 Å². The van der Waals surface area contributed by atoms with Gasteiger partial charge in [-0.3, -0.25) is 4.68 Å². The van der Waals surface area contributed by atoms with Crippen molar-refractivity contribution in [3.8, 4) is 11.3 Å². The zero-order valence-electron chi connectivity index (χ0n) is 10.5. The van der Waals surface area contributed by atoms with Gasteiger partial charge in [-0.25, -0.2) is 0 Å². The molecule has 0 amide bonds. The standard InChI is InChI=1S/C13H15BN2O2/c1-8(2)16-7-10-5-9-3-4-11(14(17)18)6-12(9)13(10)15-16/h3-4,6-8,17-18H,5H2,1-2H3. The SMILES string of the molecule is CC(C)n1cc2c(n1)-c1cc(B(O)O)ccc1C2. The van der Waals surface area contributed by atoms with E-state index >= 15 is 0 Å². The topological polar surface area (TPSA) is 58.3 Å². The minimum absolute atomic E-state index is 0.339. The Bertz CT molecular complexity index is 605. The summed E-state index contributed by atoms with van der Waals surface area (Å²) in [7, 11) is -1.42. The Morgan fingerprint density at radius 1 is 1.28 bits per heavy atom. The van der Waals surface area contributed by atoms with Crippen LogP contribution in [0.3, 0.4) is 0 Å². The smallest absolute Gasteiger partial charge is 0.423 e. The van der Waals surface area contributed by atoms with Gasteiger partial charge < -0.3 is 10.0 Å². The molecule has 0 bridgehead atoms. The first kappa shape index (κ1) is 11.5. The van der Waals surface area contributed by atoms with Gasteiger partial charge in [0.05, 0.1) is 5.69 Å². The summed E-state index contributed by atoms with van der Waals surface area (Å²) in [5.74, 6) is 0. The number of nitrogens with zero attached hydrogens (tertiary/aromatic N) is 2. The maximum atomic E-state index is 9.23.